The normalized spacial score (nSPS) is 15.4. The van der Waals surface area contributed by atoms with Crippen molar-refractivity contribution < 1.29 is 14.1 Å². The molecule has 2 aromatic carbocycles. The number of piperazine rings is 1. The van der Waals surface area contributed by atoms with Crippen LogP contribution in [0.2, 0.25) is 5.02 Å². The molecule has 0 spiro atoms. The molecule has 0 bridgehead atoms. The fraction of sp³-hybridized carbons (Fsp3) is 0.250. The summed E-state index contributed by atoms with van der Waals surface area (Å²) in [5.74, 6) is -0.612. The van der Waals surface area contributed by atoms with Crippen LogP contribution in [0.5, 0.6) is 0 Å². The van der Waals surface area contributed by atoms with Crippen LogP contribution in [0.1, 0.15) is 5.56 Å². The molecule has 4 nitrogen and oxygen atoms in total. The molecule has 1 aliphatic rings. The second-order valence-electron chi connectivity index (χ2n) is 6.48. The number of amides is 1. The molecule has 1 heterocycles. The Hall–Kier alpha value is -2.37. The van der Waals surface area contributed by atoms with Gasteiger partial charge in [-0.15, -0.1) is 0 Å². The number of halogens is 2. The van der Waals surface area contributed by atoms with Crippen molar-refractivity contribution in [3.63, 3.8) is 0 Å². The molecule has 0 atom stereocenters. The van der Waals surface area contributed by atoms with Crippen molar-refractivity contribution in [1.29, 1.82) is 0 Å². The highest BCUT2D eigenvalue weighted by Gasteiger charge is 2.20. The van der Waals surface area contributed by atoms with E-state index in [-0.39, 0.29) is 11.7 Å². The Kier molecular flexibility index (Phi) is 5.91. The minimum Gasteiger partial charge on any atom is -0.359 e. The van der Waals surface area contributed by atoms with Crippen LogP contribution >= 0.6 is 11.6 Å². The van der Waals surface area contributed by atoms with Crippen LogP contribution in [0.4, 0.5) is 15.8 Å². The highest BCUT2D eigenvalue weighted by molar-refractivity contribution is 6.31. The Morgan fingerprint density at radius 3 is 2.73 bits per heavy atom. The molecule has 26 heavy (non-hydrogen) atoms. The third kappa shape index (κ3) is 4.84. The average molecular weight is 375 g/mol. The average Bonchev–Trinajstić information content (AvgIpc) is 2.61. The van der Waals surface area contributed by atoms with Gasteiger partial charge in [-0.2, -0.15) is 0 Å². The van der Waals surface area contributed by atoms with E-state index < -0.39 is 0 Å². The van der Waals surface area contributed by atoms with Crippen LogP contribution in [0.3, 0.4) is 0 Å². The molecule has 0 radical (unpaired) electrons. The number of carbonyl (C=O) groups is 1. The molecule has 0 aliphatic carbocycles. The number of nitrogens with zero attached hydrogens (tertiary/aromatic N) is 1. The van der Waals surface area contributed by atoms with Gasteiger partial charge >= 0.3 is 0 Å². The van der Waals surface area contributed by atoms with Gasteiger partial charge in [-0.3, -0.25) is 4.79 Å². The van der Waals surface area contributed by atoms with Crippen LogP contribution in [0, 0.1) is 5.82 Å². The fourth-order valence-electron chi connectivity index (χ4n) is 2.97. The van der Waals surface area contributed by atoms with E-state index >= 15 is 0 Å². The van der Waals surface area contributed by atoms with E-state index in [1.54, 1.807) is 24.3 Å². The van der Waals surface area contributed by atoms with Crippen molar-refractivity contribution in [2.75, 3.05) is 43.4 Å². The molecule has 1 aliphatic heterocycles. The van der Waals surface area contributed by atoms with Gasteiger partial charge in [0.05, 0.1) is 44.6 Å². The number of benzene rings is 2. The van der Waals surface area contributed by atoms with Crippen LogP contribution in [-0.4, -0.2) is 39.1 Å². The van der Waals surface area contributed by atoms with E-state index in [4.69, 9.17) is 11.6 Å². The number of quaternary nitrogens is 1. The predicted molar refractivity (Wildman–Crippen MR) is 104 cm³/mol. The molecular formula is C20H22ClFN3O+. The lowest BCUT2D eigenvalue weighted by molar-refractivity contribution is -0.880. The summed E-state index contributed by atoms with van der Waals surface area (Å²) in [7, 11) is 2.18. The molecule has 1 saturated heterocycles. The monoisotopic (exact) mass is 374 g/mol. The van der Waals surface area contributed by atoms with Gasteiger partial charge in [0.15, 0.2) is 0 Å². The third-order valence-electron chi connectivity index (χ3n) is 4.45. The Bertz CT molecular complexity index is 816. The van der Waals surface area contributed by atoms with Gasteiger partial charge in [0.1, 0.15) is 5.82 Å². The Morgan fingerprint density at radius 1 is 1.23 bits per heavy atom. The summed E-state index contributed by atoms with van der Waals surface area (Å²) >= 11 is 6.12. The van der Waals surface area contributed by atoms with Gasteiger partial charge in [0, 0.05) is 11.1 Å². The fourth-order valence-corrected chi connectivity index (χ4v) is 3.14. The topological polar surface area (TPSA) is 36.8 Å². The lowest BCUT2D eigenvalue weighted by Gasteiger charge is -2.33. The summed E-state index contributed by atoms with van der Waals surface area (Å²) in [4.78, 5) is 16.1. The number of anilines is 2. The molecule has 0 aromatic heterocycles. The smallest absolute Gasteiger partial charge is 0.248 e. The summed E-state index contributed by atoms with van der Waals surface area (Å²) in [5.41, 5.74) is 2.29. The first kappa shape index (κ1) is 18.4. The molecule has 1 amide bonds. The zero-order chi connectivity index (χ0) is 18.5. The maximum Gasteiger partial charge on any atom is 0.248 e. The SMILES string of the molecule is C[NH+]1CCN(c2ccc(Cl)cc2NC(=O)/C=C/c2cccc(F)c2)CC1. The number of likely N-dealkylation sites (N-methyl/N-ethyl adjacent to an activating group) is 1. The van der Waals surface area contributed by atoms with Crippen molar-refractivity contribution in [3.8, 4) is 0 Å². The van der Waals surface area contributed by atoms with E-state index in [0.29, 0.717) is 16.3 Å². The first-order valence-electron chi connectivity index (χ1n) is 8.62. The Labute approximate surface area is 157 Å². The molecule has 6 heteroatoms. The standard InChI is InChI=1S/C20H21ClFN3O/c1-24-9-11-25(12-10-24)19-7-6-16(21)14-18(19)23-20(26)8-5-15-3-2-4-17(22)13-15/h2-8,13-14H,9-12H2,1H3,(H,23,26)/p+1/b8-5+. The zero-order valence-electron chi connectivity index (χ0n) is 14.6. The highest BCUT2D eigenvalue weighted by Crippen LogP contribution is 2.29. The summed E-state index contributed by atoms with van der Waals surface area (Å²) in [6.45, 7) is 3.95. The summed E-state index contributed by atoms with van der Waals surface area (Å²) in [6, 6.07) is 11.6. The summed E-state index contributed by atoms with van der Waals surface area (Å²) < 4.78 is 13.2. The second-order valence-corrected chi connectivity index (χ2v) is 6.92. The van der Waals surface area contributed by atoms with Gasteiger partial charge in [0.2, 0.25) is 5.91 Å². The minimum atomic E-state index is -0.332. The van der Waals surface area contributed by atoms with Gasteiger partial charge in [-0.1, -0.05) is 23.7 Å². The number of hydrogen-bond donors (Lipinski definition) is 2. The van der Waals surface area contributed by atoms with Gasteiger partial charge in [-0.05, 0) is 42.0 Å². The van der Waals surface area contributed by atoms with Crippen LogP contribution < -0.4 is 15.1 Å². The first-order valence-corrected chi connectivity index (χ1v) is 8.99. The first-order chi connectivity index (χ1) is 12.5. The number of hydrogen-bond acceptors (Lipinski definition) is 2. The molecule has 3 rings (SSSR count). The van der Waals surface area contributed by atoms with E-state index in [2.05, 4.69) is 17.3 Å². The second kappa shape index (κ2) is 8.34. The number of carbonyl (C=O) groups excluding carboxylic acids is 1. The summed E-state index contributed by atoms with van der Waals surface area (Å²) in [6.07, 6.45) is 2.98. The molecule has 0 saturated carbocycles. The van der Waals surface area contributed by atoms with Crippen LogP contribution in [0.25, 0.3) is 6.08 Å². The largest absolute Gasteiger partial charge is 0.359 e. The van der Waals surface area contributed by atoms with Crippen molar-refractivity contribution in [1.82, 2.24) is 0 Å². The minimum absolute atomic E-state index is 0.280. The number of rotatable bonds is 4. The maximum atomic E-state index is 13.2. The van der Waals surface area contributed by atoms with Crippen molar-refractivity contribution >= 4 is 35.0 Å². The molecule has 0 unspecified atom stereocenters. The molecule has 2 N–H and O–H groups in total. The number of nitrogens with one attached hydrogen (secondary N) is 2. The van der Waals surface area contributed by atoms with Crippen molar-refractivity contribution in [3.05, 3.63) is 64.9 Å². The quantitative estimate of drug-likeness (QED) is 0.807. The Balaban J connectivity index is 1.74. The van der Waals surface area contributed by atoms with Gasteiger partial charge in [0.25, 0.3) is 0 Å². The maximum absolute atomic E-state index is 13.2. The molecular weight excluding hydrogens is 353 g/mol. The van der Waals surface area contributed by atoms with E-state index in [1.165, 1.54) is 23.1 Å². The van der Waals surface area contributed by atoms with E-state index in [1.807, 2.05) is 12.1 Å². The van der Waals surface area contributed by atoms with Crippen LogP contribution in [-0.2, 0) is 4.79 Å². The predicted octanol–water partition coefficient (Wildman–Crippen LogP) is 2.47. The third-order valence-corrected chi connectivity index (χ3v) is 4.69. The molecule has 136 valence electrons. The van der Waals surface area contributed by atoms with Crippen LogP contribution in [0.15, 0.2) is 48.5 Å². The Morgan fingerprint density at radius 2 is 2.00 bits per heavy atom. The van der Waals surface area contributed by atoms with E-state index in [9.17, 15) is 9.18 Å². The van der Waals surface area contributed by atoms with Gasteiger partial charge < -0.3 is 15.1 Å². The molecule has 2 aromatic rings. The zero-order valence-corrected chi connectivity index (χ0v) is 15.4. The summed E-state index contributed by atoms with van der Waals surface area (Å²) in [5, 5.41) is 3.46. The van der Waals surface area contributed by atoms with Crippen molar-refractivity contribution in [2.45, 2.75) is 0 Å². The van der Waals surface area contributed by atoms with E-state index in [0.717, 1.165) is 31.9 Å². The van der Waals surface area contributed by atoms with Gasteiger partial charge in [-0.25, -0.2) is 4.39 Å². The molecule has 1 fully saturated rings. The van der Waals surface area contributed by atoms with Crippen molar-refractivity contribution in [2.24, 2.45) is 0 Å². The lowest BCUT2D eigenvalue weighted by Crippen LogP contribution is -3.12. The highest BCUT2D eigenvalue weighted by atomic mass is 35.5. The lowest BCUT2D eigenvalue weighted by atomic mass is 10.2.